The summed E-state index contributed by atoms with van der Waals surface area (Å²) in [6.07, 6.45) is 2.59. The zero-order valence-corrected chi connectivity index (χ0v) is 12.5. The Labute approximate surface area is 125 Å². The molecule has 2 amide bonds. The van der Waals surface area contributed by atoms with Crippen molar-refractivity contribution in [2.75, 3.05) is 19.0 Å². The van der Waals surface area contributed by atoms with Gasteiger partial charge < -0.3 is 21.1 Å². The Balaban J connectivity index is 2.55. The lowest BCUT2D eigenvalue weighted by Crippen LogP contribution is -2.35. The van der Waals surface area contributed by atoms with Crippen LogP contribution in [0.3, 0.4) is 0 Å². The summed E-state index contributed by atoms with van der Waals surface area (Å²) in [7, 11) is 1.54. The van der Waals surface area contributed by atoms with Gasteiger partial charge >= 0.3 is 0 Å². The summed E-state index contributed by atoms with van der Waals surface area (Å²) in [5.74, 6) is 0.0801. The Morgan fingerprint density at radius 1 is 1.38 bits per heavy atom. The molecule has 0 fully saturated rings. The fourth-order valence-corrected chi connectivity index (χ4v) is 1.67. The molecule has 0 spiro atoms. The first kappa shape index (κ1) is 17.0. The first-order valence-corrected chi connectivity index (χ1v) is 7.06. The molecule has 0 saturated carbocycles. The van der Waals surface area contributed by atoms with Crippen LogP contribution in [-0.2, 0) is 9.59 Å². The highest BCUT2D eigenvalue weighted by Gasteiger charge is 2.13. The highest BCUT2D eigenvalue weighted by atomic mass is 16.5. The molecule has 0 unspecified atom stereocenters. The van der Waals surface area contributed by atoms with Gasteiger partial charge in [-0.1, -0.05) is 25.8 Å². The number of hydrogen-bond acceptors (Lipinski definition) is 4. The maximum atomic E-state index is 11.9. The van der Waals surface area contributed by atoms with Crippen molar-refractivity contribution in [2.45, 2.75) is 32.2 Å². The second-order valence-corrected chi connectivity index (χ2v) is 4.73. The van der Waals surface area contributed by atoms with Crippen molar-refractivity contribution in [2.24, 2.45) is 5.73 Å². The van der Waals surface area contributed by atoms with Gasteiger partial charge in [0.2, 0.25) is 5.91 Å². The SMILES string of the molecule is CCCC[C@H](N)C(=O)Nc1cccc(OCC(=O)NC)c1. The third kappa shape index (κ3) is 6.27. The maximum Gasteiger partial charge on any atom is 0.257 e. The Morgan fingerprint density at radius 3 is 2.81 bits per heavy atom. The van der Waals surface area contributed by atoms with Crippen LogP contribution in [0.2, 0.25) is 0 Å². The van der Waals surface area contributed by atoms with Gasteiger partial charge in [0.1, 0.15) is 5.75 Å². The van der Waals surface area contributed by atoms with Crippen LogP contribution >= 0.6 is 0 Å². The Morgan fingerprint density at radius 2 is 2.14 bits per heavy atom. The molecular weight excluding hydrogens is 270 g/mol. The van der Waals surface area contributed by atoms with E-state index in [0.717, 1.165) is 12.8 Å². The van der Waals surface area contributed by atoms with Crippen molar-refractivity contribution in [1.82, 2.24) is 5.32 Å². The monoisotopic (exact) mass is 293 g/mol. The number of amides is 2. The van der Waals surface area contributed by atoms with E-state index in [1.54, 1.807) is 31.3 Å². The molecular formula is C15H23N3O3. The molecule has 116 valence electrons. The molecule has 21 heavy (non-hydrogen) atoms. The van der Waals surface area contributed by atoms with E-state index in [-0.39, 0.29) is 18.4 Å². The van der Waals surface area contributed by atoms with Crippen LogP contribution in [0.25, 0.3) is 0 Å². The number of carbonyl (C=O) groups is 2. The number of nitrogens with one attached hydrogen (secondary N) is 2. The summed E-state index contributed by atoms with van der Waals surface area (Å²) in [6.45, 7) is 1.99. The smallest absolute Gasteiger partial charge is 0.257 e. The third-order valence-corrected chi connectivity index (χ3v) is 2.96. The highest BCUT2D eigenvalue weighted by molar-refractivity contribution is 5.94. The molecule has 1 rings (SSSR count). The lowest BCUT2D eigenvalue weighted by atomic mass is 10.1. The van der Waals surface area contributed by atoms with Crippen LogP contribution in [0.4, 0.5) is 5.69 Å². The molecule has 6 heteroatoms. The van der Waals surface area contributed by atoms with Crippen molar-refractivity contribution >= 4 is 17.5 Å². The number of carbonyl (C=O) groups excluding carboxylic acids is 2. The number of rotatable bonds is 8. The van der Waals surface area contributed by atoms with E-state index in [9.17, 15) is 9.59 Å². The lowest BCUT2D eigenvalue weighted by molar-refractivity contribution is -0.122. The molecule has 1 aromatic rings. The highest BCUT2D eigenvalue weighted by Crippen LogP contribution is 2.17. The zero-order valence-electron chi connectivity index (χ0n) is 12.5. The van der Waals surface area contributed by atoms with E-state index in [4.69, 9.17) is 10.5 Å². The summed E-state index contributed by atoms with van der Waals surface area (Å²) in [6, 6.07) is 6.35. The van der Waals surface area contributed by atoms with Gasteiger partial charge in [0, 0.05) is 18.8 Å². The summed E-state index contributed by atoms with van der Waals surface area (Å²) in [5, 5.41) is 5.21. The minimum absolute atomic E-state index is 0.0656. The molecule has 4 N–H and O–H groups in total. The van der Waals surface area contributed by atoms with Crippen LogP contribution in [0.5, 0.6) is 5.75 Å². The minimum Gasteiger partial charge on any atom is -0.484 e. The van der Waals surface area contributed by atoms with Crippen LogP contribution in [0.1, 0.15) is 26.2 Å². The van der Waals surface area contributed by atoms with Gasteiger partial charge in [-0.2, -0.15) is 0 Å². The molecule has 6 nitrogen and oxygen atoms in total. The Hall–Kier alpha value is -2.08. The predicted octanol–water partition coefficient (Wildman–Crippen LogP) is 1.27. The minimum atomic E-state index is -0.514. The quantitative estimate of drug-likeness (QED) is 0.673. The van der Waals surface area contributed by atoms with E-state index in [0.29, 0.717) is 17.9 Å². The summed E-state index contributed by atoms with van der Waals surface area (Å²) >= 11 is 0. The van der Waals surface area contributed by atoms with E-state index in [1.165, 1.54) is 0 Å². The van der Waals surface area contributed by atoms with Gasteiger partial charge in [-0.05, 0) is 18.6 Å². The fourth-order valence-electron chi connectivity index (χ4n) is 1.67. The fraction of sp³-hybridized carbons (Fsp3) is 0.467. The van der Waals surface area contributed by atoms with Crippen LogP contribution in [0.15, 0.2) is 24.3 Å². The van der Waals surface area contributed by atoms with Crippen molar-refractivity contribution in [3.8, 4) is 5.75 Å². The number of anilines is 1. The molecule has 0 aliphatic carbocycles. The number of nitrogens with two attached hydrogens (primary N) is 1. The van der Waals surface area contributed by atoms with Crippen LogP contribution < -0.4 is 21.1 Å². The Bertz CT molecular complexity index is 477. The molecule has 0 aliphatic heterocycles. The van der Waals surface area contributed by atoms with Gasteiger partial charge in [-0.25, -0.2) is 0 Å². The molecule has 0 heterocycles. The van der Waals surface area contributed by atoms with Gasteiger partial charge in [-0.3, -0.25) is 9.59 Å². The van der Waals surface area contributed by atoms with Gasteiger partial charge in [-0.15, -0.1) is 0 Å². The van der Waals surface area contributed by atoms with E-state index >= 15 is 0 Å². The van der Waals surface area contributed by atoms with Crippen molar-refractivity contribution in [1.29, 1.82) is 0 Å². The maximum absolute atomic E-state index is 11.9. The average Bonchev–Trinajstić information content (AvgIpc) is 2.50. The van der Waals surface area contributed by atoms with Gasteiger partial charge in [0.05, 0.1) is 6.04 Å². The zero-order chi connectivity index (χ0) is 15.7. The Kier molecular flexibility index (Phi) is 7.25. The molecule has 0 aromatic heterocycles. The molecule has 0 bridgehead atoms. The largest absolute Gasteiger partial charge is 0.484 e. The summed E-state index contributed by atoms with van der Waals surface area (Å²) < 4.78 is 5.31. The lowest BCUT2D eigenvalue weighted by Gasteiger charge is -2.12. The number of hydrogen-bond donors (Lipinski definition) is 3. The molecule has 1 atom stereocenters. The average molecular weight is 293 g/mol. The van der Waals surface area contributed by atoms with Crippen molar-refractivity contribution in [3.63, 3.8) is 0 Å². The molecule has 0 aliphatic rings. The van der Waals surface area contributed by atoms with Crippen molar-refractivity contribution in [3.05, 3.63) is 24.3 Å². The second-order valence-electron chi connectivity index (χ2n) is 4.73. The number of likely N-dealkylation sites (N-methyl/N-ethyl adjacent to an activating group) is 1. The van der Waals surface area contributed by atoms with Gasteiger partial charge in [0.25, 0.3) is 5.91 Å². The number of ether oxygens (including phenoxy) is 1. The first-order chi connectivity index (χ1) is 10.1. The summed E-state index contributed by atoms with van der Waals surface area (Å²) in [4.78, 5) is 23.0. The van der Waals surface area contributed by atoms with E-state index in [1.807, 2.05) is 0 Å². The number of benzene rings is 1. The molecule has 1 aromatic carbocycles. The standard InChI is InChI=1S/C15H23N3O3/c1-3-4-8-13(16)15(20)18-11-6-5-7-12(9-11)21-10-14(19)17-2/h5-7,9,13H,3-4,8,10,16H2,1-2H3,(H,17,19)(H,18,20)/t13-/m0/s1. The third-order valence-electron chi connectivity index (χ3n) is 2.96. The van der Waals surface area contributed by atoms with E-state index in [2.05, 4.69) is 17.6 Å². The van der Waals surface area contributed by atoms with E-state index < -0.39 is 6.04 Å². The van der Waals surface area contributed by atoms with Gasteiger partial charge in [0.15, 0.2) is 6.61 Å². The summed E-state index contributed by atoms with van der Waals surface area (Å²) in [5.41, 5.74) is 6.41. The molecule has 0 radical (unpaired) electrons. The molecule has 0 saturated heterocycles. The first-order valence-electron chi connectivity index (χ1n) is 7.06. The topological polar surface area (TPSA) is 93.5 Å². The van der Waals surface area contributed by atoms with Crippen molar-refractivity contribution < 1.29 is 14.3 Å². The number of unbranched alkanes of at least 4 members (excludes halogenated alkanes) is 1. The van der Waals surface area contributed by atoms with Crippen LogP contribution in [0, 0.1) is 0 Å². The van der Waals surface area contributed by atoms with Crippen LogP contribution in [-0.4, -0.2) is 31.5 Å². The normalized spacial score (nSPS) is 11.6. The predicted molar refractivity (Wildman–Crippen MR) is 82.1 cm³/mol. The second kappa shape index (κ2) is 8.97.